The first-order chi connectivity index (χ1) is 8.69. The minimum atomic E-state index is -0.400. The first kappa shape index (κ1) is 15.2. The quantitative estimate of drug-likeness (QED) is 0.769. The number of nitrogens with zero attached hydrogens (tertiary/aromatic N) is 1. The Morgan fingerprint density at radius 3 is 2.50 bits per heavy atom. The van der Waals surface area contributed by atoms with Crippen molar-refractivity contribution in [3.8, 4) is 0 Å². The molecule has 2 atom stereocenters. The lowest BCUT2D eigenvalue weighted by atomic mass is 9.97. The Labute approximate surface area is 110 Å². The molecule has 102 valence electrons. The molecule has 0 spiro atoms. The van der Waals surface area contributed by atoms with Crippen LogP contribution in [0.25, 0.3) is 0 Å². The molecule has 18 heavy (non-hydrogen) atoms. The van der Waals surface area contributed by atoms with E-state index in [1.807, 2.05) is 30.3 Å². The van der Waals surface area contributed by atoms with E-state index in [1.54, 1.807) is 7.11 Å². The molecule has 3 heteroatoms. The molecule has 0 radical (unpaired) electrons. The number of benzene rings is 1. The largest absolute Gasteiger partial charge is 0.388 e. The molecule has 1 aromatic carbocycles. The number of hydrogen-bond acceptors (Lipinski definition) is 3. The Hall–Kier alpha value is -0.900. The van der Waals surface area contributed by atoms with E-state index < -0.39 is 6.10 Å². The van der Waals surface area contributed by atoms with E-state index >= 15 is 0 Å². The molecule has 3 nitrogen and oxygen atoms in total. The Kier molecular flexibility index (Phi) is 6.94. The fourth-order valence-corrected chi connectivity index (χ4v) is 2.08. The van der Waals surface area contributed by atoms with Gasteiger partial charge in [0.15, 0.2) is 0 Å². The molecular weight excluding hydrogens is 226 g/mol. The summed E-state index contributed by atoms with van der Waals surface area (Å²) in [5, 5.41) is 10.3. The summed E-state index contributed by atoms with van der Waals surface area (Å²) < 4.78 is 5.10. The lowest BCUT2D eigenvalue weighted by Crippen LogP contribution is -2.33. The van der Waals surface area contributed by atoms with E-state index in [0.29, 0.717) is 0 Å². The van der Waals surface area contributed by atoms with E-state index in [-0.39, 0.29) is 5.92 Å². The van der Waals surface area contributed by atoms with Gasteiger partial charge in [0, 0.05) is 20.2 Å². The monoisotopic (exact) mass is 251 g/mol. The number of hydrogen-bond donors (Lipinski definition) is 1. The first-order valence-corrected chi connectivity index (χ1v) is 6.63. The van der Waals surface area contributed by atoms with Crippen LogP contribution >= 0.6 is 0 Å². The smallest absolute Gasteiger partial charge is 0.0827 e. The third kappa shape index (κ3) is 4.77. The maximum absolute atomic E-state index is 10.3. The van der Waals surface area contributed by atoms with Gasteiger partial charge in [-0.05, 0) is 18.0 Å². The van der Waals surface area contributed by atoms with Gasteiger partial charge in [-0.15, -0.1) is 0 Å². The van der Waals surface area contributed by atoms with Crippen molar-refractivity contribution < 1.29 is 9.84 Å². The molecule has 2 unspecified atom stereocenters. The van der Waals surface area contributed by atoms with Crippen LogP contribution in [0.3, 0.4) is 0 Å². The number of aliphatic hydroxyl groups is 1. The SMILES string of the molecule is CCN(CCOC)CC(C)C(O)c1ccccc1. The van der Waals surface area contributed by atoms with Crippen molar-refractivity contribution in [1.29, 1.82) is 0 Å². The van der Waals surface area contributed by atoms with Crippen LogP contribution in [-0.2, 0) is 4.74 Å². The summed E-state index contributed by atoms with van der Waals surface area (Å²) in [5.41, 5.74) is 0.993. The second kappa shape index (κ2) is 8.25. The van der Waals surface area contributed by atoms with Crippen molar-refractivity contribution in [1.82, 2.24) is 4.90 Å². The van der Waals surface area contributed by atoms with E-state index in [9.17, 15) is 5.11 Å². The maximum atomic E-state index is 10.3. The molecule has 0 saturated carbocycles. The van der Waals surface area contributed by atoms with Crippen LogP contribution in [0.15, 0.2) is 30.3 Å². The predicted octanol–water partition coefficient (Wildman–Crippen LogP) is 2.32. The van der Waals surface area contributed by atoms with Crippen molar-refractivity contribution in [2.45, 2.75) is 20.0 Å². The molecule has 0 aromatic heterocycles. The van der Waals surface area contributed by atoms with Gasteiger partial charge < -0.3 is 14.7 Å². The van der Waals surface area contributed by atoms with Crippen LogP contribution in [0.4, 0.5) is 0 Å². The van der Waals surface area contributed by atoms with Gasteiger partial charge in [-0.1, -0.05) is 44.2 Å². The summed E-state index contributed by atoms with van der Waals surface area (Å²) in [6, 6.07) is 9.86. The lowest BCUT2D eigenvalue weighted by Gasteiger charge is -2.27. The second-order valence-electron chi connectivity index (χ2n) is 4.72. The Bertz CT molecular complexity index is 316. The van der Waals surface area contributed by atoms with Gasteiger partial charge in [0.25, 0.3) is 0 Å². The molecule has 0 aliphatic carbocycles. The van der Waals surface area contributed by atoms with Gasteiger partial charge in [0.05, 0.1) is 12.7 Å². The number of likely N-dealkylation sites (N-methyl/N-ethyl adjacent to an activating group) is 1. The van der Waals surface area contributed by atoms with Crippen LogP contribution < -0.4 is 0 Å². The van der Waals surface area contributed by atoms with E-state index in [2.05, 4.69) is 18.7 Å². The topological polar surface area (TPSA) is 32.7 Å². The highest BCUT2D eigenvalue weighted by Gasteiger charge is 2.18. The van der Waals surface area contributed by atoms with Crippen molar-refractivity contribution in [3.05, 3.63) is 35.9 Å². The number of rotatable bonds is 8. The molecule has 0 amide bonds. The summed E-state index contributed by atoms with van der Waals surface area (Å²) >= 11 is 0. The van der Waals surface area contributed by atoms with E-state index in [4.69, 9.17) is 4.74 Å². The third-order valence-electron chi connectivity index (χ3n) is 3.29. The van der Waals surface area contributed by atoms with Crippen LogP contribution in [0.1, 0.15) is 25.5 Å². The predicted molar refractivity (Wildman–Crippen MR) is 74.6 cm³/mol. The van der Waals surface area contributed by atoms with Crippen molar-refractivity contribution >= 4 is 0 Å². The molecule has 0 aliphatic heterocycles. The standard InChI is InChI=1S/C15H25NO2/c1-4-16(10-11-18-3)12-13(2)15(17)14-8-6-5-7-9-14/h5-9,13,15,17H,4,10-12H2,1-3H3. The highest BCUT2D eigenvalue weighted by molar-refractivity contribution is 5.17. The number of aliphatic hydroxyl groups excluding tert-OH is 1. The zero-order valence-electron chi connectivity index (χ0n) is 11.7. The highest BCUT2D eigenvalue weighted by atomic mass is 16.5. The maximum Gasteiger partial charge on any atom is 0.0827 e. The summed E-state index contributed by atoms with van der Waals surface area (Å²) in [7, 11) is 1.72. The van der Waals surface area contributed by atoms with Gasteiger partial charge in [-0.25, -0.2) is 0 Å². The fourth-order valence-electron chi connectivity index (χ4n) is 2.08. The summed E-state index contributed by atoms with van der Waals surface area (Å²) in [4.78, 5) is 2.31. The third-order valence-corrected chi connectivity index (χ3v) is 3.29. The zero-order valence-corrected chi connectivity index (χ0v) is 11.7. The van der Waals surface area contributed by atoms with Crippen LogP contribution in [0, 0.1) is 5.92 Å². The number of methoxy groups -OCH3 is 1. The molecular formula is C15H25NO2. The average Bonchev–Trinajstić information content (AvgIpc) is 2.43. The molecule has 1 aromatic rings. The summed E-state index contributed by atoms with van der Waals surface area (Å²) in [6.45, 7) is 7.75. The van der Waals surface area contributed by atoms with Crippen LogP contribution in [0.5, 0.6) is 0 Å². The molecule has 0 heterocycles. The second-order valence-corrected chi connectivity index (χ2v) is 4.72. The fraction of sp³-hybridized carbons (Fsp3) is 0.600. The van der Waals surface area contributed by atoms with Crippen molar-refractivity contribution in [3.63, 3.8) is 0 Å². The van der Waals surface area contributed by atoms with Gasteiger partial charge in [0.2, 0.25) is 0 Å². The Morgan fingerprint density at radius 1 is 1.28 bits per heavy atom. The lowest BCUT2D eigenvalue weighted by molar-refractivity contribution is 0.0780. The Morgan fingerprint density at radius 2 is 1.94 bits per heavy atom. The average molecular weight is 251 g/mol. The van der Waals surface area contributed by atoms with Crippen LogP contribution in [0.2, 0.25) is 0 Å². The molecule has 0 fully saturated rings. The number of ether oxygens (including phenoxy) is 1. The van der Waals surface area contributed by atoms with Gasteiger partial charge >= 0.3 is 0 Å². The van der Waals surface area contributed by atoms with Gasteiger partial charge in [-0.3, -0.25) is 0 Å². The van der Waals surface area contributed by atoms with Crippen molar-refractivity contribution in [2.24, 2.45) is 5.92 Å². The van der Waals surface area contributed by atoms with Crippen LogP contribution in [-0.4, -0.2) is 43.4 Å². The van der Waals surface area contributed by atoms with Gasteiger partial charge in [-0.2, -0.15) is 0 Å². The minimum Gasteiger partial charge on any atom is -0.388 e. The zero-order chi connectivity index (χ0) is 13.4. The van der Waals surface area contributed by atoms with E-state index in [0.717, 1.165) is 31.8 Å². The van der Waals surface area contributed by atoms with E-state index in [1.165, 1.54) is 0 Å². The van der Waals surface area contributed by atoms with Crippen molar-refractivity contribution in [2.75, 3.05) is 33.4 Å². The van der Waals surface area contributed by atoms with Gasteiger partial charge in [0.1, 0.15) is 0 Å². The normalized spacial score (nSPS) is 14.7. The first-order valence-electron chi connectivity index (χ1n) is 6.63. The Balaban J connectivity index is 2.50. The summed E-state index contributed by atoms with van der Waals surface area (Å²) in [6.07, 6.45) is -0.400. The molecule has 0 aliphatic rings. The molecule has 0 saturated heterocycles. The summed E-state index contributed by atoms with van der Waals surface area (Å²) in [5.74, 6) is 0.212. The molecule has 0 bridgehead atoms. The molecule has 1 N–H and O–H groups in total. The minimum absolute atomic E-state index is 0.212. The highest BCUT2D eigenvalue weighted by Crippen LogP contribution is 2.22. The molecule has 1 rings (SSSR count).